The maximum absolute atomic E-state index is 12.3. The lowest BCUT2D eigenvalue weighted by molar-refractivity contribution is -0.113. The fourth-order valence-corrected chi connectivity index (χ4v) is 4.71. The smallest absolute Gasteiger partial charge is 0.234 e. The first-order valence-corrected chi connectivity index (χ1v) is 10.8. The van der Waals surface area contributed by atoms with E-state index in [-0.39, 0.29) is 11.7 Å². The highest BCUT2D eigenvalue weighted by molar-refractivity contribution is 7.99. The summed E-state index contributed by atoms with van der Waals surface area (Å²) in [5.41, 5.74) is 3.74. The molecule has 0 bridgehead atoms. The Bertz CT molecular complexity index is 1300. The Balaban J connectivity index is 1.43. The second kappa shape index (κ2) is 7.65. The third kappa shape index (κ3) is 3.48. The zero-order chi connectivity index (χ0) is 19.6. The van der Waals surface area contributed by atoms with Crippen LogP contribution in [0.5, 0.6) is 0 Å². The molecule has 0 spiro atoms. The zero-order valence-corrected chi connectivity index (χ0v) is 16.8. The van der Waals surface area contributed by atoms with Crippen LogP contribution >= 0.6 is 23.1 Å². The predicted molar refractivity (Wildman–Crippen MR) is 117 cm³/mol. The van der Waals surface area contributed by atoms with Gasteiger partial charge in [-0.1, -0.05) is 60.3 Å². The van der Waals surface area contributed by atoms with E-state index in [4.69, 9.17) is 0 Å². The number of benzene rings is 2. The minimum atomic E-state index is -0.0903. The molecule has 1 N–H and O–H groups in total. The maximum Gasteiger partial charge on any atom is 0.234 e. The molecule has 0 saturated carbocycles. The fourth-order valence-electron chi connectivity index (χ4n) is 3.10. The van der Waals surface area contributed by atoms with Gasteiger partial charge in [-0.3, -0.25) is 9.20 Å². The highest BCUT2D eigenvalue weighted by Gasteiger charge is 2.16. The number of carbonyl (C=O) groups is 1. The summed E-state index contributed by atoms with van der Waals surface area (Å²) in [7, 11) is 0. The number of nitrogens with zero attached hydrogens (tertiary/aromatic N) is 4. The third-order valence-corrected chi connectivity index (χ3v) is 6.25. The van der Waals surface area contributed by atoms with Crippen molar-refractivity contribution >= 4 is 50.6 Å². The summed E-state index contributed by atoms with van der Waals surface area (Å²) in [5.74, 6) is 0.149. The van der Waals surface area contributed by atoms with Gasteiger partial charge in [0, 0.05) is 16.6 Å². The Morgan fingerprint density at radius 3 is 2.59 bits per heavy atom. The molecule has 0 fully saturated rings. The van der Waals surface area contributed by atoms with Crippen LogP contribution in [0.15, 0.2) is 77.5 Å². The number of hydrogen-bond donors (Lipinski definition) is 1. The van der Waals surface area contributed by atoms with E-state index in [9.17, 15) is 4.79 Å². The molecule has 29 heavy (non-hydrogen) atoms. The predicted octanol–water partition coefficient (Wildman–Crippen LogP) is 4.74. The van der Waals surface area contributed by atoms with Crippen molar-refractivity contribution in [2.45, 2.75) is 5.16 Å². The topological polar surface area (TPSA) is 72.2 Å². The first-order chi connectivity index (χ1) is 14.3. The molecule has 8 heteroatoms. The number of thioether (sulfide) groups is 1. The highest BCUT2D eigenvalue weighted by atomic mass is 32.2. The summed E-state index contributed by atoms with van der Waals surface area (Å²) in [5, 5.41) is 15.3. The van der Waals surface area contributed by atoms with Gasteiger partial charge in [0.15, 0.2) is 10.8 Å². The average Bonchev–Trinajstić information content (AvgIpc) is 3.37. The lowest BCUT2D eigenvalue weighted by Crippen LogP contribution is -2.14. The minimum Gasteiger partial charge on any atom is -0.325 e. The van der Waals surface area contributed by atoms with E-state index in [1.807, 2.05) is 52.9 Å². The number of aromatic nitrogens is 4. The molecule has 142 valence electrons. The molecule has 2 aromatic carbocycles. The molecule has 0 aliphatic rings. The van der Waals surface area contributed by atoms with E-state index in [1.165, 1.54) is 11.8 Å². The molecule has 5 rings (SSSR count). The Morgan fingerprint density at radius 2 is 1.79 bits per heavy atom. The van der Waals surface area contributed by atoms with Crippen molar-refractivity contribution in [2.24, 2.45) is 0 Å². The van der Waals surface area contributed by atoms with Gasteiger partial charge in [-0.15, -0.1) is 21.5 Å². The Kier molecular flexibility index (Phi) is 4.71. The van der Waals surface area contributed by atoms with Gasteiger partial charge in [0.25, 0.3) is 0 Å². The van der Waals surface area contributed by atoms with E-state index in [0.29, 0.717) is 5.16 Å². The van der Waals surface area contributed by atoms with E-state index >= 15 is 0 Å². The number of anilines is 1. The molecular weight excluding hydrogens is 402 g/mol. The number of fused-ring (bicyclic) bond motifs is 3. The highest BCUT2D eigenvalue weighted by Crippen LogP contribution is 2.35. The van der Waals surface area contributed by atoms with Gasteiger partial charge >= 0.3 is 0 Å². The van der Waals surface area contributed by atoms with Crippen molar-refractivity contribution in [3.05, 3.63) is 72.4 Å². The Labute approximate surface area is 174 Å². The molecule has 1 amide bonds. The van der Waals surface area contributed by atoms with Crippen LogP contribution in [0, 0.1) is 0 Å². The second-order valence-corrected chi connectivity index (χ2v) is 8.12. The number of nitrogens with one attached hydrogen (secondary N) is 1. The van der Waals surface area contributed by atoms with E-state index in [2.05, 4.69) is 38.0 Å². The lowest BCUT2D eigenvalue weighted by Gasteiger charge is -2.04. The van der Waals surface area contributed by atoms with Crippen LogP contribution < -0.4 is 5.32 Å². The van der Waals surface area contributed by atoms with Gasteiger partial charge < -0.3 is 5.32 Å². The van der Waals surface area contributed by atoms with Gasteiger partial charge in [-0.2, -0.15) is 0 Å². The summed E-state index contributed by atoms with van der Waals surface area (Å²) in [6.45, 7) is 0. The lowest BCUT2D eigenvalue weighted by atomic mass is 10.1. The number of rotatable bonds is 5. The normalized spacial score (nSPS) is 11.2. The van der Waals surface area contributed by atoms with Gasteiger partial charge in [0.1, 0.15) is 11.2 Å². The summed E-state index contributed by atoms with van der Waals surface area (Å²) < 4.78 is 1.85. The Morgan fingerprint density at radius 1 is 1.03 bits per heavy atom. The van der Waals surface area contributed by atoms with E-state index in [0.717, 1.165) is 32.7 Å². The molecular formula is C21H15N5OS2. The first kappa shape index (κ1) is 17.8. The number of hydrogen-bond acceptors (Lipinski definition) is 6. The molecule has 0 aliphatic heterocycles. The molecule has 0 atom stereocenters. The molecule has 5 aromatic rings. The van der Waals surface area contributed by atoms with Crippen molar-refractivity contribution in [3.8, 4) is 11.1 Å². The molecule has 0 unspecified atom stereocenters. The number of thiophene rings is 1. The molecule has 0 radical (unpaired) electrons. The van der Waals surface area contributed by atoms with Crippen molar-refractivity contribution in [1.29, 1.82) is 0 Å². The van der Waals surface area contributed by atoms with Crippen molar-refractivity contribution in [3.63, 3.8) is 0 Å². The molecule has 0 saturated heterocycles. The number of para-hydroxylation sites is 1. The third-order valence-electron chi connectivity index (χ3n) is 4.42. The van der Waals surface area contributed by atoms with Gasteiger partial charge in [0.2, 0.25) is 5.91 Å². The van der Waals surface area contributed by atoms with Crippen molar-refractivity contribution < 1.29 is 4.79 Å². The number of carbonyl (C=O) groups excluding carboxylic acids is 1. The molecule has 0 aliphatic carbocycles. The van der Waals surface area contributed by atoms with Gasteiger partial charge in [-0.05, 0) is 17.7 Å². The van der Waals surface area contributed by atoms with Crippen LogP contribution in [-0.2, 0) is 4.79 Å². The summed E-state index contributed by atoms with van der Waals surface area (Å²) in [6, 6.07) is 19.6. The van der Waals surface area contributed by atoms with Crippen LogP contribution in [0.3, 0.4) is 0 Å². The fraction of sp³-hybridized carbons (Fsp3) is 0.0476. The van der Waals surface area contributed by atoms with Crippen LogP contribution in [-0.4, -0.2) is 31.2 Å². The number of amides is 1. The van der Waals surface area contributed by atoms with Crippen LogP contribution in [0.4, 0.5) is 5.69 Å². The maximum atomic E-state index is 12.3. The summed E-state index contributed by atoms with van der Waals surface area (Å²) in [6.07, 6.45) is 1.72. The first-order valence-electron chi connectivity index (χ1n) is 8.93. The molecule has 3 aromatic heterocycles. The standard InChI is InChI=1S/C21H15N5OS2/c27-17(23-15-9-5-2-6-10-15)12-29-21-25-24-19-18-16(14-7-3-1-4-8-14)11-28-20(18)22-13-26(19)21/h1-11,13H,12H2,(H,23,27). The van der Waals surface area contributed by atoms with Crippen LogP contribution in [0.1, 0.15) is 0 Å². The van der Waals surface area contributed by atoms with Crippen molar-refractivity contribution in [1.82, 2.24) is 19.6 Å². The SMILES string of the molecule is O=C(CSc1nnc2c3c(-c4ccccc4)csc3ncn12)Nc1ccccc1. The zero-order valence-electron chi connectivity index (χ0n) is 15.1. The van der Waals surface area contributed by atoms with Gasteiger partial charge in [-0.25, -0.2) is 4.98 Å². The monoisotopic (exact) mass is 417 g/mol. The largest absolute Gasteiger partial charge is 0.325 e. The minimum absolute atomic E-state index is 0.0903. The summed E-state index contributed by atoms with van der Waals surface area (Å²) >= 11 is 2.93. The quantitative estimate of drug-likeness (QED) is 0.418. The molecule has 6 nitrogen and oxygen atoms in total. The second-order valence-electron chi connectivity index (χ2n) is 6.32. The van der Waals surface area contributed by atoms with E-state index < -0.39 is 0 Å². The van der Waals surface area contributed by atoms with Crippen molar-refractivity contribution in [2.75, 3.05) is 11.1 Å². The Hall–Kier alpha value is -3.23. The van der Waals surface area contributed by atoms with E-state index in [1.54, 1.807) is 17.7 Å². The van der Waals surface area contributed by atoms with Crippen LogP contribution in [0.2, 0.25) is 0 Å². The average molecular weight is 418 g/mol. The molecule has 3 heterocycles. The van der Waals surface area contributed by atoms with Gasteiger partial charge in [0.05, 0.1) is 11.1 Å². The summed E-state index contributed by atoms with van der Waals surface area (Å²) in [4.78, 5) is 17.7. The van der Waals surface area contributed by atoms with Crippen LogP contribution in [0.25, 0.3) is 27.0 Å².